The van der Waals surface area contributed by atoms with Gasteiger partial charge in [0.25, 0.3) is 0 Å². The summed E-state index contributed by atoms with van der Waals surface area (Å²) in [5.74, 6) is 0.685. The number of hydrogen-bond acceptors (Lipinski definition) is 4. The minimum atomic E-state index is -3.51. The molecule has 1 N–H and O–H groups in total. The molecule has 0 saturated carbocycles. The van der Waals surface area contributed by atoms with E-state index in [2.05, 4.69) is 9.71 Å². The van der Waals surface area contributed by atoms with Gasteiger partial charge in [-0.15, -0.1) is 0 Å². The van der Waals surface area contributed by atoms with E-state index in [0.29, 0.717) is 5.75 Å². The summed E-state index contributed by atoms with van der Waals surface area (Å²) in [6, 6.07) is 16.1. The lowest BCUT2D eigenvalue weighted by atomic mass is 10.2. The summed E-state index contributed by atoms with van der Waals surface area (Å²) in [4.78, 5) is 4.50. The number of aromatic nitrogens is 1. The fourth-order valence-corrected chi connectivity index (χ4v) is 3.30. The Kier molecular flexibility index (Phi) is 4.78. The van der Waals surface area contributed by atoms with E-state index in [4.69, 9.17) is 4.74 Å². The molecular weight excluding hydrogens is 324 g/mol. The van der Waals surface area contributed by atoms with Gasteiger partial charge < -0.3 is 4.74 Å². The molecule has 0 bridgehead atoms. The van der Waals surface area contributed by atoms with Gasteiger partial charge in [-0.05, 0) is 43.3 Å². The molecule has 0 saturated heterocycles. The van der Waals surface area contributed by atoms with Gasteiger partial charge in [-0.2, -0.15) is 0 Å². The number of ether oxygens (including phenoxy) is 1. The number of nitrogens with one attached hydrogen (secondary N) is 1. The van der Waals surface area contributed by atoms with Gasteiger partial charge in [-0.25, -0.2) is 13.1 Å². The largest absolute Gasteiger partial charge is 0.492 e. The summed E-state index contributed by atoms with van der Waals surface area (Å²) in [5, 5.41) is 0.982. The molecule has 124 valence electrons. The van der Waals surface area contributed by atoms with Crippen molar-refractivity contribution in [2.45, 2.75) is 11.8 Å². The van der Waals surface area contributed by atoms with Gasteiger partial charge in [-0.1, -0.05) is 23.8 Å². The summed E-state index contributed by atoms with van der Waals surface area (Å²) in [7, 11) is -3.51. The molecule has 5 nitrogen and oxygen atoms in total. The number of hydrogen-bond donors (Lipinski definition) is 1. The minimum absolute atomic E-state index is 0.196. The number of fused-ring (bicyclic) bond motifs is 1. The fourth-order valence-electron chi connectivity index (χ4n) is 2.29. The number of aryl methyl sites for hydroxylation is 1. The van der Waals surface area contributed by atoms with Crippen molar-refractivity contribution < 1.29 is 13.2 Å². The Morgan fingerprint density at radius 2 is 1.88 bits per heavy atom. The van der Waals surface area contributed by atoms with E-state index in [1.54, 1.807) is 30.5 Å². The van der Waals surface area contributed by atoms with E-state index in [1.807, 2.05) is 37.3 Å². The van der Waals surface area contributed by atoms with Crippen molar-refractivity contribution in [1.29, 1.82) is 0 Å². The predicted molar refractivity (Wildman–Crippen MR) is 93.6 cm³/mol. The predicted octanol–water partition coefficient (Wildman–Crippen LogP) is 2.90. The molecule has 2 aromatic carbocycles. The van der Waals surface area contributed by atoms with Crippen LogP contribution in [0.1, 0.15) is 5.56 Å². The Hall–Kier alpha value is -2.44. The first-order valence-corrected chi connectivity index (χ1v) is 9.07. The molecule has 1 aromatic heterocycles. The van der Waals surface area contributed by atoms with Crippen LogP contribution in [0.5, 0.6) is 5.75 Å². The molecular formula is C18H18N2O3S. The van der Waals surface area contributed by atoms with Crippen LogP contribution in [0.3, 0.4) is 0 Å². The molecule has 3 aromatic rings. The zero-order valence-corrected chi connectivity index (χ0v) is 14.1. The highest BCUT2D eigenvalue weighted by Gasteiger charge is 2.12. The summed E-state index contributed by atoms with van der Waals surface area (Å²) in [6.07, 6.45) is 1.74. The SMILES string of the molecule is Cc1ccc(S(=O)(=O)NCCOc2ccc3ncccc3c2)cc1. The average Bonchev–Trinajstić information content (AvgIpc) is 2.59. The summed E-state index contributed by atoms with van der Waals surface area (Å²) in [6.45, 7) is 2.36. The standard InChI is InChI=1S/C18H18N2O3S/c1-14-4-7-17(8-5-14)24(21,22)20-11-12-23-16-6-9-18-15(13-16)3-2-10-19-18/h2-10,13,20H,11-12H2,1H3. The first-order valence-electron chi connectivity index (χ1n) is 7.58. The molecule has 1 heterocycles. The second kappa shape index (κ2) is 6.98. The van der Waals surface area contributed by atoms with E-state index in [-0.39, 0.29) is 18.0 Å². The van der Waals surface area contributed by atoms with E-state index >= 15 is 0 Å². The van der Waals surface area contributed by atoms with Crippen LogP contribution >= 0.6 is 0 Å². The molecule has 0 unspecified atom stereocenters. The third-order valence-corrected chi connectivity index (χ3v) is 5.05. The second-order valence-electron chi connectivity index (χ2n) is 5.42. The lowest BCUT2D eigenvalue weighted by molar-refractivity contribution is 0.323. The Balaban J connectivity index is 1.56. The number of nitrogens with zero attached hydrogens (tertiary/aromatic N) is 1. The van der Waals surface area contributed by atoms with Crippen molar-refractivity contribution in [3.63, 3.8) is 0 Å². The first-order chi connectivity index (χ1) is 11.5. The van der Waals surface area contributed by atoms with Crippen LogP contribution in [0, 0.1) is 6.92 Å². The Morgan fingerprint density at radius 3 is 2.67 bits per heavy atom. The normalized spacial score (nSPS) is 11.5. The Morgan fingerprint density at radius 1 is 1.08 bits per heavy atom. The van der Waals surface area contributed by atoms with Crippen LogP contribution in [-0.4, -0.2) is 26.6 Å². The molecule has 0 aliphatic carbocycles. The lowest BCUT2D eigenvalue weighted by Crippen LogP contribution is -2.28. The number of rotatable bonds is 6. The van der Waals surface area contributed by atoms with Crippen LogP contribution in [0.2, 0.25) is 0 Å². The zero-order chi connectivity index (χ0) is 17.0. The van der Waals surface area contributed by atoms with Gasteiger partial charge in [0.05, 0.1) is 10.4 Å². The van der Waals surface area contributed by atoms with Crippen molar-refractivity contribution in [2.75, 3.05) is 13.2 Å². The average molecular weight is 342 g/mol. The lowest BCUT2D eigenvalue weighted by Gasteiger charge is -2.09. The van der Waals surface area contributed by atoms with E-state index in [1.165, 1.54) is 0 Å². The van der Waals surface area contributed by atoms with Crippen LogP contribution in [0.25, 0.3) is 10.9 Å². The van der Waals surface area contributed by atoms with Crippen molar-refractivity contribution >= 4 is 20.9 Å². The minimum Gasteiger partial charge on any atom is -0.492 e. The van der Waals surface area contributed by atoms with Gasteiger partial charge in [0.15, 0.2) is 0 Å². The zero-order valence-electron chi connectivity index (χ0n) is 13.3. The highest BCUT2D eigenvalue weighted by Crippen LogP contribution is 2.18. The van der Waals surface area contributed by atoms with Crippen molar-refractivity contribution in [3.05, 3.63) is 66.4 Å². The smallest absolute Gasteiger partial charge is 0.240 e. The molecule has 6 heteroatoms. The number of pyridine rings is 1. The molecule has 0 atom stereocenters. The van der Waals surface area contributed by atoms with Gasteiger partial charge in [0.1, 0.15) is 12.4 Å². The summed E-state index contributed by atoms with van der Waals surface area (Å²) < 4.78 is 32.5. The van der Waals surface area contributed by atoms with Gasteiger partial charge >= 0.3 is 0 Å². The first kappa shape index (κ1) is 16.4. The van der Waals surface area contributed by atoms with E-state index in [0.717, 1.165) is 16.5 Å². The van der Waals surface area contributed by atoms with Crippen LogP contribution in [-0.2, 0) is 10.0 Å². The van der Waals surface area contributed by atoms with Crippen LogP contribution in [0.4, 0.5) is 0 Å². The van der Waals surface area contributed by atoms with Crippen molar-refractivity contribution in [3.8, 4) is 5.75 Å². The monoisotopic (exact) mass is 342 g/mol. The second-order valence-corrected chi connectivity index (χ2v) is 7.18. The van der Waals surface area contributed by atoms with Crippen LogP contribution in [0.15, 0.2) is 65.7 Å². The molecule has 0 fully saturated rings. The summed E-state index contributed by atoms with van der Waals surface area (Å²) in [5.41, 5.74) is 1.91. The molecule has 0 aliphatic heterocycles. The quantitative estimate of drug-likeness (QED) is 0.700. The van der Waals surface area contributed by atoms with Gasteiger partial charge in [0.2, 0.25) is 10.0 Å². The highest BCUT2D eigenvalue weighted by molar-refractivity contribution is 7.89. The Bertz CT molecular complexity index is 938. The Labute approximate surface area is 141 Å². The third-order valence-electron chi connectivity index (χ3n) is 3.57. The van der Waals surface area contributed by atoms with Crippen molar-refractivity contribution in [1.82, 2.24) is 9.71 Å². The van der Waals surface area contributed by atoms with E-state index < -0.39 is 10.0 Å². The molecule has 0 amide bonds. The maximum absolute atomic E-state index is 12.2. The molecule has 0 radical (unpaired) electrons. The molecule has 3 rings (SSSR count). The molecule has 24 heavy (non-hydrogen) atoms. The topological polar surface area (TPSA) is 68.3 Å². The number of sulfonamides is 1. The molecule has 0 spiro atoms. The maximum atomic E-state index is 12.2. The maximum Gasteiger partial charge on any atom is 0.240 e. The highest BCUT2D eigenvalue weighted by atomic mass is 32.2. The van der Waals surface area contributed by atoms with Gasteiger partial charge in [-0.3, -0.25) is 4.98 Å². The molecule has 0 aliphatic rings. The fraction of sp³-hybridized carbons (Fsp3) is 0.167. The number of benzene rings is 2. The third kappa shape index (κ3) is 3.90. The van der Waals surface area contributed by atoms with Crippen LogP contribution < -0.4 is 9.46 Å². The van der Waals surface area contributed by atoms with E-state index in [9.17, 15) is 8.42 Å². The van der Waals surface area contributed by atoms with Gasteiger partial charge in [0, 0.05) is 18.1 Å². The van der Waals surface area contributed by atoms with Crippen molar-refractivity contribution in [2.24, 2.45) is 0 Å². The summed E-state index contributed by atoms with van der Waals surface area (Å²) >= 11 is 0.